The van der Waals surface area contributed by atoms with Gasteiger partial charge in [0, 0.05) is 12.6 Å². The standard InChI is InChI=1S/C7H11ClN4O/c1-10-2-3-13-6-4-5(8)11-7(9)12-6/h4,10H,2-3H2,1H3,(H2,9,11,12). The smallest absolute Gasteiger partial charge is 0.224 e. The van der Waals surface area contributed by atoms with Crippen molar-refractivity contribution in [2.75, 3.05) is 25.9 Å². The van der Waals surface area contributed by atoms with E-state index in [4.69, 9.17) is 22.1 Å². The van der Waals surface area contributed by atoms with Gasteiger partial charge in [0.2, 0.25) is 11.8 Å². The van der Waals surface area contributed by atoms with Gasteiger partial charge in [0.1, 0.15) is 11.8 Å². The van der Waals surface area contributed by atoms with Gasteiger partial charge < -0.3 is 15.8 Å². The number of aromatic nitrogens is 2. The first-order valence-electron chi connectivity index (χ1n) is 3.80. The maximum Gasteiger partial charge on any atom is 0.224 e. The Kier molecular flexibility index (Phi) is 3.72. The minimum atomic E-state index is 0.118. The van der Waals surface area contributed by atoms with E-state index < -0.39 is 0 Å². The summed E-state index contributed by atoms with van der Waals surface area (Å²) < 4.78 is 5.23. The lowest BCUT2D eigenvalue weighted by molar-refractivity contribution is 0.306. The van der Waals surface area contributed by atoms with Crippen LogP contribution in [0.3, 0.4) is 0 Å². The van der Waals surface area contributed by atoms with Crippen molar-refractivity contribution in [1.29, 1.82) is 0 Å². The molecule has 0 fully saturated rings. The third-order valence-electron chi connectivity index (χ3n) is 1.29. The zero-order chi connectivity index (χ0) is 9.68. The lowest BCUT2D eigenvalue weighted by atomic mass is 10.6. The van der Waals surface area contributed by atoms with Gasteiger partial charge in [-0.1, -0.05) is 11.6 Å². The first-order chi connectivity index (χ1) is 6.22. The first-order valence-corrected chi connectivity index (χ1v) is 4.17. The Hall–Kier alpha value is -1.07. The number of nitrogens with two attached hydrogens (primary N) is 1. The zero-order valence-corrected chi connectivity index (χ0v) is 8.01. The van der Waals surface area contributed by atoms with Crippen molar-refractivity contribution >= 4 is 17.5 Å². The molecule has 1 rings (SSSR count). The summed E-state index contributed by atoms with van der Waals surface area (Å²) in [4.78, 5) is 7.54. The Balaban J connectivity index is 2.56. The highest BCUT2D eigenvalue weighted by Gasteiger charge is 2.00. The maximum atomic E-state index is 5.64. The molecule has 3 N–H and O–H groups in total. The minimum absolute atomic E-state index is 0.118. The molecule has 0 unspecified atom stereocenters. The second-order valence-electron chi connectivity index (χ2n) is 2.34. The number of anilines is 1. The predicted octanol–water partition coefficient (Wildman–Crippen LogP) is 0.310. The fourth-order valence-corrected chi connectivity index (χ4v) is 0.925. The molecule has 0 aliphatic heterocycles. The molecule has 0 bridgehead atoms. The number of rotatable bonds is 4. The summed E-state index contributed by atoms with van der Waals surface area (Å²) in [5.41, 5.74) is 5.36. The first kappa shape index (κ1) is 10.0. The number of nitrogens with one attached hydrogen (secondary N) is 1. The third-order valence-corrected chi connectivity index (χ3v) is 1.48. The number of hydrogen-bond acceptors (Lipinski definition) is 5. The van der Waals surface area contributed by atoms with E-state index in [0.29, 0.717) is 12.5 Å². The Morgan fingerprint density at radius 1 is 1.62 bits per heavy atom. The van der Waals surface area contributed by atoms with Gasteiger partial charge in [-0.15, -0.1) is 0 Å². The molecular formula is C7H11ClN4O. The molecule has 72 valence electrons. The second-order valence-corrected chi connectivity index (χ2v) is 2.73. The van der Waals surface area contributed by atoms with Gasteiger partial charge in [0.05, 0.1) is 0 Å². The van der Waals surface area contributed by atoms with Crippen LogP contribution in [-0.2, 0) is 0 Å². The van der Waals surface area contributed by atoms with Crippen LogP contribution < -0.4 is 15.8 Å². The Labute approximate surface area is 81.3 Å². The molecule has 0 aliphatic rings. The van der Waals surface area contributed by atoms with Crippen LogP contribution in [0.25, 0.3) is 0 Å². The van der Waals surface area contributed by atoms with E-state index in [0.717, 1.165) is 6.54 Å². The average Bonchev–Trinajstić information content (AvgIpc) is 2.03. The predicted molar refractivity (Wildman–Crippen MR) is 50.9 cm³/mol. The molecule has 0 radical (unpaired) electrons. The van der Waals surface area contributed by atoms with E-state index in [-0.39, 0.29) is 11.1 Å². The van der Waals surface area contributed by atoms with Gasteiger partial charge in [-0.05, 0) is 7.05 Å². The van der Waals surface area contributed by atoms with Crippen molar-refractivity contribution in [1.82, 2.24) is 15.3 Å². The quantitative estimate of drug-likeness (QED) is 0.543. The van der Waals surface area contributed by atoms with Crippen molar-refractivity contribution in [3.63, 3.8) is 0 Å². The van der Waals surface area contributed by atoms with Crippen LogP contribution in [0.1, 0.15) is 0 Å². The lowest BCUT2D eigenvalue weighted by Crippen LogP contribution is -2.16. The van der Waals surface area contributed by atoms with E-state index in [1.807, 2.05) is 7.05 Å². The van der Waals surface area contributed by atoms with Gasteiger partial charge in [-0.2, -0.15) is 4.98 Å². The molecule has 0 spiro atoms. The molecule has 5 nitrogen and oxygen atoms in total. The van der Waals surface area contributed by atoms with Gasteiger partial charge in [0.15, 0.2) is 0 Å². The van der Waals surface area contributed by atoms with Gasteiger partial charge in [0.25, 0.3) is 0 Å². The summed E-state index contributed by atoms with van der Waals surface area (Å²) in [6.07, 6.45) is 0. The van der Waals surface area contributed by atoms with E-state index in [2.05, 4.69) is 15.3 Å². The van der Waals surface area contributed by atoms with E-state index in [1.54, 1.807) is 0 Å². The summed E-state index contributed by atoms with van der Waals surface area (Å²) in [6, 6.07) is 1.52. The van der Waals surface area contributed by atoms with Crippen LogP contribution in [0.4, 0.5) is 5.95 Å². The average molecular weight is 203 g/mol. The molecule has 13 heavy (non-hydrogen) atoms. The number of hydrogen-bond donors (Lipinski definition) is 2. The molecule has 0 aliphatic carbocycles. The zero-order valence-electron chi connectivity index (χ0n) is 7.25. The summed E-state index contributed by atoms with van der Waals surface area (Å²) in [5, 5.41) is 3.22. The summed E-state index contributed by atoms with van der Waals surface area (Å²) in [7, 11) is 1.84. The van der Waals surface area contributed by atoms with Crippen LogP contribution in [-0.4, -0.2) is 30.2 Å². The molecule has 0 saturated carbocycles. The number of halogens is 1. The van der Waals surface area contributed by atoms with E-state index in [9.17, 15) is 0 Å². The van der Waals surface area contributed by atoms with Crippen LogP contribution in [0.2, 0.25) is 5.15 Å². The van der Waals surface area contributed by atoms with E-state index in [1.165, 1.54) is 6.07 Å². The largest absolute Gasteiger partial charge is 0.476 e. The Bertz CT molecular complexity index is 261. The van der Waals surface area contributed by atoms with Crippen LogP contribution in [0, 0.1) is 0 Å². The monoisotopic (exact) mass is 202 g/mol. The van der Waals surface area contributed by atoms with Crippen molar-refractivity contribution in [3.8, 4) is 5.88 Å². The molecule has 6 heteroatoms. The molecule has 0 amide bonds. The number of ether oxygens (including phenoxy) is 1. The van der Waals surface area contributed by atoms with Crippen LogP contribution in [0.15, 0.2) is 6.07 Å². The number of nitrogens with zero attached hydrogens (tertiary/aromatic N) is 2. The fourth-order valence-electron chi connectivity index (χ4n) is 0.745. The highest BCUT2D eigenvalue weighted by atomic mass is 35.5. The Morgan fingerprint density at radius 3 is 3.00 bits per heavy atom. The highest BCUT2D eigenvalue weighted by molar-refractivity contribution is 6.29. The molecule has 1 heterocycles. The van der Waals surface area contributed by atoms with Gasteiger partial charge in [-0.25, -0.2) is 4.98 Å². The summed E-state index contributed by atoms with van der Waals surface area (Å²) in [6.45, 7) is 1.25. The Morgan fingerprint density at radius 2 is 2.38 bits per heavy atom. The van der Waals surface area contributed by atoms with E-state index >= 15 is 0 Å². The van der Waals surface area contributed by atoms with Crippen molar-refractivity contribution < 1.29 is 4.74 Å². The maximum absolute atomic E-state index is 5.64. The van der Waals surface area contributed by atoms with Crippen molar-refractivity contribution in [2.24, 2.45) is 0 Å². The molecule has 1 aromatic rings. The van der Waals surface area contributed by atoms with Gasteiger partial charge in [-0.3, -0.25) is 0 Å². The van der Waals surface area contributed by atoms with Gasteiger partial charge >= 0.3 is 0 Å². The normalized spacial score (nSPS) is 10.0. The highest BCUT2D eigenvalue weighted by Crippen LogP contribution is 2.13. The minimum Gasteiger partial charge on any atom is -0.476 e. The van der Waals surface area contributed by atoms with Crippen molar-refractivity contribution in [3.05, 3.63) is 11.2 Å². The summed E-state index contributed by atoms with van der Waals surface area (Å²) in [5.74, 6) is 0.514. The fraction of sp³-hybridized carbons (Fsp3) is 0.429. The van der Waals surface area contributed by atoms with Crippen molar-refractivity contribution in [2.45, 2.75) is 0 Å². The van der Waals surface area contributed by atoms with Crippen LogP contribution >= 0.6 is 11.6 Å². The second kappa shape index (κ2) is 4.84. The molecular weight excluding hydrogens is 192 g/mol. The summed E-state index contributed by atoms with van der Waals surface area (Å²) >= 11 is 5.64. The van der Waals surface area contributed by atoms with Crippen LogP contribution in [0.5, 0.6) is 5.88 Å². The SMILES string of the molecule is CNCCOc1cc(Cl)nc(N)n1. The number of likely N-dealkylation sites (N-methyl/N-ethyl adjacent to an activating group) is 1. The molecule has 1 aromatic heterocycles. The molecule has 0 atom stereocenters. The molecule has 0 saturated heterocycles. The third kappa shape index (κ3) is 3.43. The number of nitrogen functional groups attached to an aromatic ring is 1. The lowest BCUT2D eigenvalue weighted by Gasteiger charge is -2.04. The topological polar surface area (TPSA) is 73.1 Å². The molecule has 0 aromatic carbocycles.